The summed E-state index contributed by atoms with van der Waals surface area (Å²) in [4.78, 5) is 56.5. The van der Waals surface area contributed by atoms with Crippen LogP contribution in [0.1, 0.15) is 90.4 Å². The van der Waals surface area contributed by atoms with Crippen LogP contribution in [0.5, 0.6) is 5.75 Å². The fourth-order valence-electron chi connectivity index (χ4n) is 8.90. The average Bonchev–Trinajstić information content (AvgIpc) is 3.96. The number of anilines is 1. The maximum absolute atomic E-state index is 16.6. The summed E-state index contributed by atoms with van der Waals surface area (Å²) in [5, 5.41) is 10.2. The second-order valence-electron chi connectivity index (χ2n) is 16.2. The summed E-state index contributed by atoms with van der Waals surface area (Å²) in [7, 11) is 4.82. The van der Waals surface area contributed by atoms with Gasteiger partial charge in [-0.05, 0) is 102 Å². The summed E-state index contributed by atoms with van der Waals surface area (Å²) in [5.74, 6) is -1.18. The Morgan fingerprint density at radius 2 is 1.75 bits per heavy atom. The van der Waals surface area contributed by atoms with E-state index in [0.29, 0.717) is 59.5 Å². The lowest BCUT2D eigenvalue weighted by Gasteiger charge is -2.30. The lowest BCUT2D eigenvalue weighted by atomic mass is 9.76. The Balaban J connectivity index is 1.00. The third kappa shape index (κ3) is 8.27. The predicted molar refractivity (Wildman–Crippen MR) is 224 cm³/mol. The number of carbonyl (C=O) groups is 4. The highest BCUT2D eigenvalue weighted by Gasteiger charge is 2.31. The molecule has 1 atom stereocenters. The summed E-state index contributed by atoms with van der Waals surface area (Å²) in [6, 6.07) is 16.1. The molecule has 2 fully saturated rings. The van der Waals surface area contributed by atoms with Gasteiger partial charge in [0.1, 0.15) is 23.3 Å². The first kappa shape index (κ1) is 40.5. The van der Waals surface area contributed by atoms with Crippen LogP contribution < -0.4 is 15.4 Å². The minimum absolute atomic E-state index is 0.00522. The number of H-pyrrole nitrogens is 1. The van der Waals surface area contributed by atoms with Crippen molar-refractivity contribution in [3.8, 4) is 16.9 Å². The molecule has 12 nitrogen and oxygen atoms in total. The zero-order valence-corrected chi connectivity index (χ0v) is 34.0. The van der Waals surface area contributed by atoms with Crippen LogP contribution in [0.3, 0.4) is 0 Å². The van der Waals surface area contributed by atoms with Gasteiger partial charge in [0.2, 0.25) is 17.7 Å². The Hall–Kier alpha value is -6.31. The van der Waals surface area contributed by atoms with Gasteiger partial charge in [-0.2, -0.15) is 5.10 Å². The average molecular weight is 818 g/mol. The Morgan fingerprint density at radius 3 is 2.45 bits per heavy atom. The van der Waals surface area contributed by atoms with Gasteiger partial charge in [0.25, 0.3) is 5.91 Å². The van der Waals surface area contributed by atoms with Crippen molar-refractivity contribution in [3.63, 3.8) is 0 Å². The van der Waals surface area contributed by atoms with E-state index >= 15 is 8.78 Å². The van der Waals surface area contributed by atoms with Crippen molar-refractivity contribution < 1.29 is 32.7 Å². The van der Waals surface area contributed by atoms with Crippen LogP contribution in [0.25, 0.3) is 27.6 Å². The number of ether oxygens (including phenoxy) is 1. The predicted octanol–water partition coefficient (Wildman–Crippen LogP) is 7.38. The number of aromatic amines is 1. The molecule has 60 heavy (non-hydrogen) atoms. The lowest BCUT2D eigenvalue weighted by molar-refractivity contribution is -0.134. The molecule has 2 aromatic heterocycles. The van der Waals surface area contributed by atoms with Gasteiger partial charge in [0.05, 0.1) is 18.3 Å². The molecule has 1 saturated carbocycles. The molecule has 0 spiro atoms. The Morgan fingerprint density at radius 1 is 0.983 bits per heavy atom. The summed E-state index contributed by atoms with van der Waals surface area (Å²) in [5.41, 5.74) is 5.38. The van der Waals surface area contributed by atoms with Crippen molar-refractivity contribution in [3.05, 3.63) is 107 Å². The van der Waals surface area contributed by atoms with E-state index in [0.717, 1.165) is 42.4 Å². The van der Waals surface area contributed by atoms with E-state index in [-0.39, 0.29) is 66.0 Å². The number of aromatic nitrogens is 3. The molecular weight excluding hydrogens is 769 g/mol. The zero-order chi connectivity index (χ0) is 42.1. The van der Waals surface area contributed by atoms with E-state index in [1.165, 1.54) is 18.1 Å². The summed E-state index contributed by atoms with van der Waals surface area (Å²) < 4.78 is 39.6. The van der Waals surface area contributed by atoms with Crippen molar-refractivity contribution in [2.45, 2.75) is 75.8 Å². The summed E-state index contributed by atoms with van der Waals surface area (Å²) >= 11 is 0. The zero-order valence-electron chi connectivity index (χ0n) is 34.0. The van der Waals surface area contributed by atoms with Gasteiger partial charge in [0, 0.05) is 76.0 Å². The summed E-state index contributed by atoms with van der Waals surface area (Å²) in [6.45, 7) is 1.28. The van der Waals surface area contributed by atoms with E-state index in [4.69, 9.17) is 4.74 Å². The van der Waals surface area contributed by atoms with Crippen LogP contribution in [0.2, 0.25) is 0 Å². The highest BCUT2D eigenvalue weighted by atomic mass is 19.1. The fraction of sp³-hybridized carbons (Fsp3) is 0.370. The number of halogens is 2. The second-order valence-corrected chi connectivity index (χ2v) is 16.2. The van der Waals surface area contributed by atoms with Crippen LogP contribution in [-0.4, -0.2) is 88.5 Å². The van der Waals surface area contributed by atoms with E-state index < -0.39 is 17.8 Å². The van der Waals surface area contributed by atoms with Gasteiger partial charge in [-0.1, -0.05) is 30.3 Å². The number of carbonyl (C=O) groups excluding carboxylic acids is 4. The highest BCUT2D eigenvalue weighted by molar-refractivity contribution is 6.05. The number of hydrogen-bond acceptors (Lipinski definition) is 7. The number of hydrogen-bond donors (Lipinski definition) is 3. The van der Waals surface area contributed by atoms with E-state index in [1.807, 2.05) is 36.5 Å². The number of nitrogens with one attached hydrogen (secondary N) is 3. The normalized spacial score (nSPS) is 19.5. The van der Waals surface area contributed by atoms with Crippen molar-refractivity contribution in [1.29, 1.82) is 0 Å². The third-order valence-corrected chi connectivity index (χ3v) is 12.2. The molecule has 4 amide bonds. The minimum atomic E-state index is -0.658. The Kier molecular flexibility index (Phi) is 11.5. The lowest BCUT2D eigenvalue weighted by Crippen LogP contribution is -2.47. The van der Waals surface area contributed by atoms with Gasteiger partial charge < -0.3 is 24.8 Å². The molecule has 4 heterocycles. The standard InChI is InChI=1S/C46H49F2N7O5/c1-53(2)46(59)39-23-35-32(22-34(43(48)44(35)51-39)31-6-4-19-54(26-31)42(57)17-21-55-20-5-18-49-55)29-11-7-27(8-12-29)28-9-13-30(14-10-28)33-24-40(60-3)38(25-36(33)47)50-37-15-16-41(56)52-45(37)58/h5-8,11-12,18,20,22-25,28,30,37,50-51H,4,9-10,13-17,19,21,26H2,1-3H3,(H,52,56,58). The van der Waals surface area contributed by atoms with Crippen LogP contribution in [0.4, 0.5) is 14.5 Å². The quantitative estimate of drug-likeness (QED) is 0.118. The monoisotopic (exact) mass is 817 g/mol. The van der Waals surface area contributed by atoms with Crippen LogP contribution in [0.15, 0.2) is 73.1 Å². The van der Waals surface area contributed by atoms with Crippen LogP contribution >= 0.6 is 0 Å². The molecule has 8 rings (SSSR count). The molecule has 3 aromatic carbocycles. The Labute approximate surface area is 346 Å². The number of methoxy groups -OCH3 is 1. The molecule has 312 valence electrons. The molecule has 3 N–H and O–H groups in total. The molecule has 3 aliphatic rings. The summed E-state index contributed by atoms with van der Waals surface area (Å²) in [6.07, 6.45) is 10.2. The molecule has 0 bridgehead atoms. The minimum Gasteiger partial charge on any atom is -0.495 e. The van der Waals surface area contributed by atoms with Crippen molar-refractivity contribution in [1.82, 2.24) is 29.9 Å². The first-order valence-electron chi connectivity index (χ1n) is 20.6. The number of fused-ring (bicyclic) bond motifs is 1. The number of benzene rings is 3. The molecule has 14 heteroatoms. The maximum atomic E-state index is 16.6. The van der Waals surface area contributed by atoms with Gasteiger partial charge in [-0.3, -0.25) is 29.2 Å². The van der Waals surface area contributed by atoms with Gasteiger partial charge in [0.15, 0.2) is 5.82 Å². The molecule has 1 unspecified atom stereocenters. The molecule has 0 radical (unpaired) electrons. The number of piperidine rings is 1. The first-order valence-corrected chi connectivity index (χ1v) is 20.6. The first-order chi connectivity index (χ1) is 29.0. The Bertz CT molecular complexity index is 2470. The van der Waals surface area contributed by atoms with Gasteiger partial charge >= 0.3 is 0 Å². The largest absolute Gasteiger partial charge is 0.495 e. The number of imide groups is 1. The number of rotatable bonds is 11. The topological polar surface area (TPSA) is 142 Å². The van der Waals surface area contributed by atoms with Gasteiger partial charge in [-0.15, -0.1) is 0 Å². The van der Waals surface area contributed by atoms with E-state index in [9.17, 15) is 19.2 Å². The molecular formula is C46H49F2N7O5. The second kappa shape index (κ2) is 17.1. The number of amides is 4. The highest BCUT2D eigenvalue weighted by Crippen LogP contribution is 2.44. The fourth-order valence-corrected chi connectivity index (χ4v) is 8.90. The van der Waals surface area contributed by atoms with Crippen molar-refractivity contribution in [2.24, 2.45) is 0 Å². The molecule has 1 saturated heterocycles. The number of nitrogens with zero attached hydrogens (tertiary/aromatic N) is 4. The third-order valence-electron chi connectivity index (χ3n) is 12.2. The molecule has 1 aliphatic carbocycles. The van der Waals surface area contributed by atoms with E-state index in [1.54, 1.807) is 42.0 Å². The van der Waals surface area contributed by atoms with Crippen LogP contribution in [0, 0.1) is 11.6 Å². The van der Waals surface area contributed by atoms with Crippen LogP contribution in [-0.2, 0) is 20.9 Å². The van der Waals surface area contributed by atoms with Crippen molar-refractivity contribution >= 4 is 45.8 Å². The molecule has 5 aromatic rings. The molecule has 2 aliphatic heterocycles. The maximum Gasteiger partial charge on any atom is 0.269 e. The SMILES string of the molecule is COc1cc(C2CCC(c3ccc(-c4cc(C5=CCCN(C(=O)CCn6cccn6)C5)c(F)c5[nH]c(C(=O)N(C)C)cc45)cc3)CC2)c(F)cc1NC1CCC(=O)NC1=O. The number of aryl methyl sites for hydroxylation is 1. The van der Waals surface area contributed by atoms with E-state index in [2.05, 4.69) is 32.8 Å². The van der Waals surface area contributed by atoms with Gasteiger partial charge in [-0.25, -0.2) is 8.78 Å². The smallest absolute Gasteiger partial charge is 0.269 e. The van der Waals surface area contributed by atoms with Crippen molar-refractivity contribution in [2.75, 3.05) is 39.6 Å².